The number of hydrogen-bond acceptors (Lipinski definition) is 5. The molecule has 0 radical (unpaired) electrons. The molecule has 10 heteroatoms. The minimum atomic E-state index is -4.12. The summed E-state index contributed by atoms with van der Waals surface area (Å²) < 4.78 is 28.9. The van der Waals surface area contributed by atoms with Gasteiger partial charge in [0.15, 0.2) is 0 Å². The largest absolute Gasteiger partial charge is 0.354 e. The summed E-state index contributed by atoms with van der Waals surface area (Å²) in [5.74, 6) is -0.632. The summed E-state index contributed by atoms with van der Waals surface area (Å²) in [4.78, 5) is 29.4. The van der Waals surface area contributed by atoms with E-state index in [0.29, 0.717) is 22.8 Å². The summed E-state index contributed by atoms with van der Waals surface area (Å²) >= 11 is 7.91. The number of aryl methyl sites for hydroxylation is 1. The summed E-state index contributed by atoms with van der Waals surface area (Å²) in [6.45, 7) is 7.49. The summed E-state index contributed by atoms with van der Waals surface area (Å²) in [7, 11) is -4.12. The van der Waals surface area contributed by atoms with Crippen LogP contribution in [0.2, 0.25) is 5.02 Å². The van der Waals surface area contributed by atoms with Crippen LogP contribution in [0.4, 0.5) is 5.69 Å². The molecule has 0 saturated heterocycles. The number of benzene rings is 3. The van der Waals surface area contributed by atoms with Gasteiger partial charge >= 0.3 is 0 Å². The second-order valence-corrected chi connectivity index (χ2v) is 13.1. The van der Waals surface area contributed by atoms with Gasteiger partial charge in [-0.1, -0.05) is 61.3 Å². The Morgan fingerprint density at radius 1 is 0.950 bits per heavy atom. The van der Waals surface area contributed by atoms with Crippen LogP contribution in [0.15, 0.2) is 82.6 Å². The second-order valence-electron chi connectivity index (χ2n) is 9.95. The van der Waals surface area contributed by atoms with Crippen LogP contribution in [-0.4, -0.2) is 50.5 Å². The molecule has 7 nitrogen and oxygen atoms in total. The number of carbonyl (C=O) groups is 2. The van der Waals surface area contributed by atoms with Crippen LogP contribution >= 0.6 is 23.4 Å². The molecule has 0 saturated carbocycles. The van der Waals surface area contributed by atoms with Gasteiger partial charge < -0.3 is 10.2 Å². The molecule has 3 rings (SSSR count). The number of nitrogens with zero attached hydrogens (tertiary/aromatic N) is 2. The van der Waals surface area contributed by atoms with E-state index in [-0.39, 0.29) is 23.3 Å². The number of thioether (sulfide) groups is 1. The van der Waals surface area contributed by atoms with E-state index in [4.69, 9.17) is 11.6 Å². The van der Waals surface area contributed by atoms with Gasteiger partial charge in [0.2, 0.25) is 11.8 Å². The fourth-order valence-corrected chi connectivity index (χ4v) is 5.98. The fraction of sp³-hybridized carbons (Fsp3) is 0.333. The highest BCUT2D eigenvalue weighted by atomic mass is 35.5. The number of hydrogen-bond donors (Lipinski definition) is 1. The fourth-order valence-electron chi connectivity index (χ4n) is 3.96. The number of halogens is 1. The number of amides is 2. The first-order valence-electron chi connectivity index (χ1n) is 13.0. The van der Waals surface area contributed by atoms with Crippen LogP contribution in [0.3, 0.4) is 0 Å². The van der Waals surface area contributed by atoms with Crippen LogP contribution < -0.4 is 9.62 Å². The molecule has 0 unspecified atom stereocenters. The molecule has 214 valence electrons. The van der Waals surface area contributed by atoms with E-state index >= 15 is 0 Å². The normalized spacial score (nSPS) is 12.2. The number of sulfonamides is 1. The molecule has 0 fully saturated rings. The standard InChI is InChI=1S/C30H36ClN3O4S2/c1-21(2)18-32-30(36)23(4)33(19-24-8-6-7-9-28(24)31)29(35)20-34(25-12-10-22(3)11-13-25)40(37,38)27-16-14-26(39-5)15-17-27/h6-17,21,23H,18-20H2,1-5H3,(H,32,36)/t23-/m1/s1. The minimum Gasteiger partial charge on any atom is -0.354 e. The first-order chi connectivity index (χ1) is 18.9. The lowest BCUT2D eigenvalue weighted by atomic mass is 10.1. The Kier molecular flexibility index (Phi) is 11.1. The van der Waals surface area contributed by atoms with E-state index < -0.39 is 28.5 Å². The van der Waals surface area contributed by atoms with Crippen molar-refractivity contribution in [2.75, 3.05) is 23.7 Å². The molecule has 40 heavy (non-hydrogen) atoms. The van der Waals surface area contributed by atoms with Gasteiger partial charge in [0, 0.05) is 23.0 Å². The van der Waals surface area contributed by atoms with Crippen LogP contribution in [0.1, 0.15) is 31.9 Å². The summed E-state index contributed by atoms with van der Waals surface area (Å²) in [6, 6.07) is 19.7. The van der Waals surface area contributed by atoms with E-state index in [1.165, 1.54) is 28.8 Å². The highest BCUT2D eigenvalue weighted by Crippen LogP contribution is 2.27. The quantitative estimate of drug-likeness (QED) is 0.267. The smallest absolute Gasteiger partial charge is 0.264 e. The molecule has 0 aromatic heterocycles. The Morgan fingerprint density at radius 3 is 2.15 bits per heavy atom. The lowest BCUT2D eigenvalue weighted by Crippen LogP contribution is -2.51. The van der Waals surface area contributed by atoms with Gasteiger partial charge in [-0.15, -0.1) is 11.8 Å². The van der Waals surface area contributed by atoms with Gasteiger partial charge in [0.1, 0.15) is 12.6 Å². The molecule has 1 atom stereocenters. The molecule has 0 aliphatic carbocycles. The van der Waals surface area contributed by atoms with Crippen molar-refractivity contribution in [3.05, 3.63) is 88.9 Å². The molecule has 0 heterocycles. The average Bonchev–Trinajstić information content (AvgIpc) is 2.94. The van der Waals surface area contributed by atoms with Crippen LogP contribution in [-0.2, 0) is 26.2 Å². The van der Waals surface area contributed by atoms with Crippen molar-refractivity contribution in [2.45, 2.75) is 50.1 Å². The highest BCUT2D eigenvalue weighted by molar-refractivity contribution is 7.98. The third kappa shape index (κ3) is 8.02. The van der Waals surface area contributed by atoms with Crippen molar-refractivity contribution in [1.82, 2.24) is 10.2 Å². The molecule has 2 amide bonds. The molecule has 0 aliphatic rings. The third-order valence-electron chi connectivity index (χ3n) is 6.40. The number of rotatable bonds is 12. The van der Waals surface area contributed by atoms with Crippen molar-refractivity contribution in [1.29, 1.82) is 0 Å². The van der Waals surface area contributed by atoms with Gasteiger partial charge in [0.05, 0.1) is 10.6 Å². The zero-order valence-corrected chi connectivity index (χ0v) is 25.8. The molecule has 1 N–H and O–H groups in total. The van der Waals surface area contributed by atoms with E-state index in [0.717, 1.165) is 14.8 Å². The number of anilines is 1. The van der Waals surface area contributed by atoms with Crippen molar-refractivity contribution in [3.8, 4) is 0 Å². The van der Waals surface area contributed by atoms with Gasteiger partial charge in [0.25, 0.3) is 10.0 Å². The molecular weight excluding hydrogens is 566 g/mol. The molecule has 0 bridgehead atoms. The maximum atomic E-state index is 14.0. The van der Waals surface area contributed by atoms with E-state index in [1.807, 2.05) is 27.0 Å². The third-order valence-corrected chi connectivity index (χ3v) is 9.30. The summed E-state index contributed by atoms with van der Waals surface area (Å²) in [5, 5.41) is 3.33. The predicted octanol–water partition coefficient (Wildman–Crippen LogP) is 5.76. The minimum absolute atomic E-state index is 0.0407. The topological polar surface area (TPSA) is 86.8 Å². The van der Waals surface area contributed by atoms with Crippen molar-refractivity contribution in [3.63, 3.8) is 0 Å². The zero-order chi connectivity index (χ0) is 29.4. The Bertz CT molecular complexity index is 1410. The highest BCUT2D eigenvalue weighted by Gasteiger charge is 2.32. The van der Waals surface area contributed by atoms with E-state index in [9.17, 15) is 18.0 Å². The first kappa shape index (κ1) is 31.5. The molecular formula is C30H36ClN3O4S2. The predicted molar refractivity (Wildman–Crippen MR) is 163 cm³/mol. The first-order valence-corrected chi connectivity index (χ1v) is 16.0. The number of nitrogens with one attached hydrogen (secondary N) is 1. The van der Waals surface area contributed by atoms with Crippen LogP contribution in [0.25, 0.3) is 0 Å². The van der Waals surface area contributed by atoms with Gasteiger partial charge in [-0.05, 0) is 74.0 Å². The van der Waals surface area contributed by atoms with Gasteiger partial charge in [-0.3, -0.25) is 13.9 Å². The zero-order valence-electron chi connectivity index (χ0n) is 23.4. The van der Waals surface area contributed by atoms with Gasteiger partial charge in [-0.2, -0.15) is 0 Å². The monoisotopic (exact) mass is 601 g/mol. The van der Waals surface area contributed by atoms with E-state index in [1.54, 1.807) is 67.6 Å². The Morgan fingerprint density at radius 2 is 1.57 bits per heavy atom. The Labute approximate surface area is 247 Å². The van der Waals surface area contributed by atoms with Crippen LogP contribution in [0.5, 0.6) is 0 Å². The summed E-state index contributed by atoms with van der Waals surface area (Å²) in [6.07, 6.45) is 1.91. The lowest BCUT2D eigenvalue weighted by molar-refractivity contribution is -0.139. The molecule has 0 spiro atoms. The maximum absolute atomic E-state index is 14.0. The van der Waals surface area contributed by atoms with Crippen molar-refractivity contribution >= 4 is 50.9 Å². The molecule has 0 aliphatic heterocycles. The van der Waals surface area contributed by atoms with Crippen molar-refractivity contribution in [2.24, 2.45) is 5.92 Å². The van der Waals surface area contributed by atoms with Gasteiger partial charge in [-0.25, -0.2) is 8.42 Å². The maximum Gasteiger partial charge on any atom is 0.264 e. The van der Waals surface area contributed by atoms with Crippen molar-refractivity contribution < 1.29 is 18.0 Å². The second kappa shape index (κ2) is 14.1. The number of carbonyl (C=O) groups excluding carboxylic acids is 2. The Balaban J connectivity index is 2.02. The molecule has 3 aromatic rings. The van der Waals surface area contributed by atoms with E-state index in [2.05, 4.69) is 5.32 Å². The average molecular weight is 602 g/mol. The molecule has 3 aromatic carbocycles. The lowest BCUT2D eigenvalue weighted by Gasteiger charge is -2.32. The van der Waals surface area contributed by atoms with Crippen LogP contribution in [0, 0.1) is 12.8 Å². The Hall–Kier alpha value is -3.01. The SMILES string of the molecule is CSc1ccc(S(=O)(=O)N(CC(=O)N(Cc2ccccc2Cl)[C@H](C)C(=O)NCC(C)C)c2ccc(C)cc2)cc1. The summed E-state index contributed by atoms with van der Waals surface area (Å²) in [5.41, 5.74) is 1.95.